The Morgan fingerprint density at radius 3 is 2.50 bits per heavy atom. The van der Waals surface area contributed by atoms with Crippen molar-refractivity contribution in [1.29, 1.82) is 0 Å². The fourth-order valence-electron chi connectivity index (χ4n) is 2.86. The number of nitrogens with one attached hydrogen (secondary N) is 1. The number of aliphatic imine (C=N–C) groups is 1. The number of carbonyl (C=O) groups excluding carboxylic acids is 2. The summed E-state index contributed by atoms with van der Waals surface area (Å²) in [6.07, 6.45) is 2.11. The lowest BCUT2D eigenvalue weighted by Gasteiger charge is -2.42. The number of hydrogen-bond donors (Lipinski definition) is 2. The number of amides is 2. The van der Waals surface area contributed by atoms with Crippen molar-refractivity contribution < 1.29 is 14.3 Å². The van der Waals surface area contributed by atoms with Gasteiger partial charge in [-0.3, -0.25) is 9.79 Å². The number of methoxy groups -OCH3 is 1. The maximum absolute atomic E-state index is 13.0. The van der Waals surface area contributed by atoms with Gasteiger partial charge in [0.05, 0.1) is 13.2 Å². The van der Waals surface area contributed by atoms with E-state index in [1.54, 1.807) is 11.9 Å². The van der Waals surface area contributed by atoms with Gasteiger partial charge in [-0.25, -0.2) is 4.79 Å². The summed E-state index contributed by atoms with van der Waals surface area (Å²) in [5, 5.41) is 2.63. The molecule has 0 aliphatic carbocycles. The minimum Gasteiger partial charge on any atom is -0.453 e. The first-order valence-electron chi connectivity index (χ1n) is 7.72. The van der Waals surface area contributed by atoms with Gasteiger partial charge in [-0.2, -0.15) is 0 Å². The first-order chi connectivity index (χ1) is 10.3. The first-order valence-corrected chi connectivity index (χ1v) is 7.72. The lowest BCUT2D eigenvalue weighted by Crippen LogP contribution is -2.60. The molecule has 1 saturated heterocycles. The maximum Gasteiger partial charge on any atom is 0.407 e. The smallest absolute Gasteiger partial charge is 0.407 e. The van der Waals surface area contributed by atoms with E-state index in [1.165, 1.54) is 7.11 Å². The molecule has 1 rings (SSSR count). The van der Waals surface area contributed by atoms with E-state index in [4.69, 9.17) is 5.73 Å². The molecule has 1 unspecified atom stereocenters. The van der Waals surface area contributed by atoms with Gasteiger partial charge in [0.25, 0.3) is 0 Å². The maximum atomic E-state index is 13.0. The molecule has 3 atom stereocenters. The van der Waals surface area contributed by atoms with Crippen LogP contribution in [-0.2, 0) is 9.53 Å². The molecule has 0 spiro atoms. The molecule has 0 bridgehead atoms. The fourth-order valence-corrected chi connectivity index (χ4v) is 2.86. The van der Waals surface area contributed by atoms with Crippen LogP contribution < -0.4 is 11.1 Å². The second kappa shape index (κ2) is 8.00. The van der Waals surface area contributed by atoms with Crippen LogP contribution in [0.1, 0.15) is 40.0 Å². The van der Waals surface area contributed by atoms with Crippen LogP contribution in [0.3, 0.4) is 0 Å². The van der Waals surface area contributed by atoms with Crippen LogP contribution in [0.5, 0.6) is 0 Å². The van der Waals surface area contributed by atoms with Crippen molar-refractivity contribution in [2.75, 3.05) is 14.2 Å². The van der Waals surface area contributed by atoms with E-state index in [0.29, 0.717) is 5.84 Å². The van der Waals surface area contributed by atoms with E-state index in [9.17, 15) is 9.59 Å². The first kappa shape index (κ1) is 18.3. The Morgan fingerprint density at radius 1 is 1.36 bits per heavy atom. The molecule has 0 aromatic heterocycles. The lowest BCUT2D eigenvalue weighted by molar-refractivity contribution is -0.139. The molecule has 3 N–H and O–H groups in total. The van der Waals surface area contributed by atoms with Crippen LogP contribution in [0, 0.1) is 5.92 Å². The van der Waals surface area contributed by atoms with E-state index in [0.717, 1.165) is 19.3 Å². The normalized spacial score (nSPS) is 24.1. The Bertz CT molecular complexity index is 437. The van der Waals surface area contributed by atoms with Gasteiger partial charge in [0.2, 0.25) is 5.91 Å². The van der Waals surface area contributed by atoms with Crippen molar-refractivity contribution in [3.05, 3.63) is 0 Å². The van der Waals surface area contributed by atoms with E-state index < -0.39 is 12.1 Å². The third-order valence-electron chi connectivity index (χ3n) is 4.16. The zero-order chi connectivity index (χ0) is 16.9. The van der Waals surface area contributed by atoms with Crippen molar-refractivity contribution in [2.45, 2.75) is 58.2 Å². The van der Waals surface area contributed by atoms with Gasteiger partial charge in [-0.1, -0.05) is 13.8 Å². The molecule has 0 aromatic carbocycles. The van der Waals surface area contributed by atoms with Gasteiger partial charge in [-0.15, -0.1) is 0 Å². The number of carbonyl (C=O) groups is 2. The topological polar surface area (TPSA) is 97.0 Å². The SMILES string of the molecule is CN=C(N)[C@@H]1CCCC(C)N1C(=O)[C@@H](NC(=O)OC)C(C)C. The number of alkyl carbamates (subject to hydrolysis) is 1. The largest absolute Gasteiger partial charge is 0.453 e. The average molecular weight is 312 g/mol. The van der Waals surface area contributed by atoms with Crippen molar-refractivity contribution >= 4 is 17.8 Å². The number of piperidine rings is 1. The van der Waals surface area contributed by atoms with Crippen molar-refractivity contribution in [3.8, 4) is 0 Å². The van der Waals surface area contributed by atoms with Crippen molar-refractivity contribution in [2.24, 2.45) is 16.6 Å². The molecular formula is C15H28N4O3. The molecule has 22 heavy (non-hydrogen) atoms. The minimum atomic E-state index is -0.639. The molecule has 0 aromatic rings. The van der Waals surface area contributed by atoms with Crippen LogP contribution in [0.15, 0.2) is 4.99 Å². The summed E-state index contributed by atoms with van der Waals surface area (Å²) in [5.74, 6) is 0.269. The van der Waals surface area contributed by atoms with Gasteiger partial charge < -0.3 is 20.7 Å². The zero-order valence-corrected chi connectivity index (χ0v) is 14.1. The molecule has 0 saturated carbocycles. The molecule has 1 heterocycles. The van der Waals surface area contributed by atoms with Gasteiger partial charge in [0.15, 0.2) is 0 Å². The molecule has 7 heteroatoms. The predicted molar refractivity (Wildman–Crippen MR) is 85.7 cm³/mol. The minimum absolute atomic E-state index is 0.0545. The number of nitrogens with zero attached hydrogens (tertiary/aromatic N) is 2. The highest BCUT2D eigenvalue weighted by Gasteiger charge is 2.38. The highest BCUT2D eigenvalue weighted by Crippen LogP contribution is 2.25. The highest BCUT2D eigenvalue weighted by atomic mass is 16.5. The van der Waals surface area contributed by atoms with E-state index in [2.05, 4.69) is 15.0 Å². The monoisotopic (exact) mass is 312 g/mol. The van der Waals surface area contributed by atoms with Crippen molar-refractivity contribution in [3.63, 3.8) is 0 Å². The average Bonchev–Trinajstić information content (AvgIpc) is 2.50. The van der Waals surface area contributed by atoms with E-state index >= 15 is 0 Å². The van der Waals surface area contributed by atoms with Crippen molar-refractivity contribution in [1.82, 2.24) is 10.2 Å². The number of ether oxygens (including phenoxy) is 1. The van der Waals surface area contributed by atoms with Gasteiger partial charge in [-0.05, 0) is 32.1 Å². The van der Waals surface area contributed by atoms with Crippen LogP contribution >= 0.6 is 0 Å². The number of rotatable bonds is 4. The van der Waals surface area contributed by atoms with Crippen LogP contribution in [0.4, 0.5) is 4.79 Å². The lowest BCUT2D eigenvalue weighted by atomic mass is 9.92. The quantitative estimate of drug-likeness (QED) is 0.600. The zero-order valence-electron chi connectivity index (χ0n) is 14.1. The third-order valence-corrected chi connectivity index (χ3v) is 4.16. The Balaban J connectivity index is 3.03. The van der Waals surface area contributed by atoms with Crippen LogP contribution in [0.2, 0.25) is 0 Å². The fraction of sp³-hybridized carbons (Fsp3) is 0.800. The molecular weight excluding hydrogens is 284 g/mol. The summed E-state index contributed by atoms with van der Waals surface area (Å²) in [6, 6.07) is -0.783. The predicted octanol–water partition coefficient (Wildman–Crippen LogP) is 1.12. The molecule has 7 nitrogen and oxygen atoms in total. The van der Waals surface area contributed by atoms with E-state index in [-0.39, 0.29) is 23.9 Å². The summed E-state index contributed by atoms with van der Waals surface area (Å²) in [5.41, 5.74) is 5.99. The second-order valence-electron chi connectivity index (χ2n) is 6.05. The molecule has 126 valence electrons. The van der Waals surface area contributed by atoms with Gasteiger partial charge >= 0.3 is 6.09 Å². The molecule has 0 radical (unpaired) electrons. The Morgan fingerprint density at radius 2 is 2.00 bits per heavy atom. The molecule has 1 aliphatic heterocycles. The summed E-state index contributed by atoms with van der Waals surface area (Å²) in [6.45, 7) is 5.78. The summed E-state index contributed by atoms with van der Waals surface area (Å²) in [4.78, 5) is 30.3. The Hall–Kier alpha value is -1.79. The summed E-state index contributed by atoms with van der Waals surface area (Å²) >= 11 is 0. The molecule has 1 fully saturated rings. The highest BCUT2D eigenvalue weighted by molar-refractivity contribution is 5.93. The van der Waals surface area contributed by atoms with Crippen LogP contribution in [0.25, 0.3) is 0 Å². The molecule has 1 aliphatic rings. The number of amidine groups is 1. The van der Waals surface area contributed by atoms with Crippen LogP contribution in [-0.4, -0.2) is 55.0 Å². The van der Waals surface area contributed by atoms with Gasteiger partial charge in [0.1, 0.15) is 11.9 Å². The number of nitrogens with two attached hydrogens (primary N) is 1. The standard InChI is InChI=1S/C15H28N4O3/c1-9(2)12(18-15(21)22-5)14(20)19-10(3)7-6-8-11(19)13(16)17-4/h9-12H,6-8H2,1-5H3,(H2,16,17)(H,18,21)/t10?,11-,12-/m0/s1. The van der Waals surface area contributed by atoms with Gasteiger partial charge in [0, 0.05) is 13.1 Å². The summed E-state index contributed by atoms with van der Waals surface area (Å²) < 4.78 is 4.62. The Kier molecular flexibility index (Phi) is 6.64. The summed E-state index contributed by atoms with van der Waals surface area (Å²) in [7, 11) is 2.91. The molecule has 2 amide bonds. The third kappa shape index (κ3) is 4.11. The second-order valence-corrected chi connectivity index (χ2v) is 6.05. The van der Waals surface area contributed by atoms with E-state index in [1.807, 2.05) is 20.8 Å². The number of hydrogen-bond acceptors (Lipinski definition) is 4. The number of likely N-dealkylation sites (tertiary alicyclic amines) is 1. The Labute approximate surface area is 132 Å².